The number of hydrogen-bond acceptors (Lipinski definition) is 2. The third-order valence-corrected chi connectivity index (χ3v) is 13.7. The molecule has 0 N–H and O–H groups in total. The first-order chi connectivity index (χ1) is 26.8. The quantitative estimate of drug-likeness (QED) is 0.160. The first-order valence-electron chi connectivity index (χ1n) is 18.5. The van der Waals surface area contributed by atoms with Gasteiger partial charge in [0, 0.05) is 40.3 Å². The minimum atomic E-state index is 1.25. The van der Waals surface area contributed by atoms with Gasteiger partial charge in [-0.2, -0.15) is 0 Å². The lowest BCUT2D eigenvalue weighted by molar-refractivity contribution is 1.66. The summed E-state index contributed by atoms with van der Waals surface area (Å²) in [7, 11) is 0. The third kappa shape index (κ3) is 4.36. The van der Waals surface area contributed by atoms with Gasteiger partial charge in [-0.1, -0.05) is 158 Å². The largest absolute Gasteiger partial charge is 0.135 e. The lowest BCUT2D eigenvalue weighted by atomic mass is 9.84. The Morgan fingerprint density at radius 3 is 1.56 bits per heavy atom. The molecule has 0 atom stereocenters. The Morgan fingerprint density at radius 1 is 0.259 bits per heavy atom. The van der Waals surface area contributed by atoms with Gasteiger partial charge in [-0.25, -0.2) is 0 Å². The second kappa shape index (κ2) is 11.6. The lowest BCUT2D eigenvalue weighted by Gasteiger charge is -2.19. The highest BCUT2D eigenvalue weighted by Crippen LogP contribution is 2.48. The average molecular weight is 719 g/mol. The number of rotatable bonds is 3. The zero-order chi connectivity index (χ0) is 35.3. The van der Waals surface area contributed by atoms with Crippen LogP contribution in [0.1, 0.15) is 0 Å². The van der Waals surface area contributed by atoms with Crippen LogP contribution in [0.15, 0.2) is 182 Å². The van der Waals surface area contributed by atoms with Crippen molar-refractivity contribution >= 4 is 106 Å². The first-order valence-corrected chi connectivity index (χ1v) is 20.1. The van der Waals surface area contributed by atoms with Crippen molar-refractivity contribution in [2.45, 2.75) is 0 Å². The van der Waals surface area contributed by atoms with E-state index in [1.54, 1.807) is 0 Å². The van der Waals surface area contributed by atoms with E-state index in [-0.39, 0.29) is 0 Å². The van der Waals surface area contributed by atoms with Gasteiger partial charge >= 0.3 is 0 Å². The van der Waals surface area contributed by atoms with Crippen molar-refractivity contribution in [1.29, 1.82) is 0 Å². The predicted molar refractivity (Wildman–Crippen MR) is 239 cm³/mol. The molecule has 0 fully saturated rings. The SMILES string of the molecule is c1ccc(-c2c3ccccc3c(-c3ccc(-c4ccc5c(c4)sc4cc6sc7ccc8ccccc8c7c6cc45)c4ccccc34)c3ccccc23)cc1. The van der Waals surface area contributed by atoms with E-state index in [4.69, 9.17) is 0 Å². The highest BCUT2D eigenvalue weighted by molar-refractivity contribution is 7.28. The fourth-order valence-electron chi connectivity index (χ4n) is 9.09. The minimum absolute atomic E-state index is 1.25. The third-order valence-electron chi connectivity index (χ3n) is 11.5. The summed E-state index contributed by atoms with van der Waals surface area (Å²) >= 11 is 3.82. The zero-order valence-corrected chi connectivity index (χ0v) is 30.8. The Hall–Kier alpha value is -6.32. The molecular formula is C52H30S2. The molecule has 0 saturated heterocycles. The van der Waals surface area contributed by atoms with Crippen LogP contribution in [0.2, 0.25) is 0 Å². The Labute approximate surface area is 319 Å². The maximum absolute atomic E-state index is 2.45. The van der Waals surface area contributed by atoms with Crippen LogP contribution in [0.3, 0.4) is 0 Å². The minimum Gasteiger partial charge on any atom is -0.135 e. The summed E-state index contributed by atoms with van der Waals surface area (Å²) in [4.78, 5) is 0. The summed E-state index contributed by atoms with van der Waals surface area (Å²) in [5, 5.41) is 15.7. The van der Waals surface area contributed by atoms with Crippen molar-refractivity contribution in [1.82, 2.24) is 0 Å². The van der Waals surface area contributed by atoms with Crippen LogP contribution < -0.4 is 0 Å². The molecule has 2 heteroatoms. The van der Waals surface area contributed by atoms with E-state index in [2.05, 4.69) is 182 Å². The van der Waals surface area contributed by atoms with Crippen molar-refractivity contribution in [2.75, 3.05) is 0 Å². The molecule has 0 saturated carbocycles. The van der Waals surface area contributed by atoms with Crippen LogP contribution in [0.4, 0.5) is 0 Å². The van der Waals surface area contributed by atoms with Crippen LogP contribution in [-0.4, -0.2) is 0 Å². The normalized spacial score (nSPS) is 12.1. The first kappa shape index (κ1) is 30.2. The van der Waals surface area contributed by atoms with Gasteiger partial charge in [0.25, 0.3) is 0 Å². The van der Waals surface area contributed by atoms with E-state index < -0.39 is 0 Å². The van der Waals surface area contributed by atoms with Crippen LogP contribution in [0, 0.1) is 0 Å². The smallest absolute Gasteiger partial charge is 0.0370 e. The fourth-order valence-corrected chi connectivity index (χ4v) is 11.5. The second-order valence-electron chi connectivity index (χ2n) is 14.3. The maximum atomic E-state index is 2.45. The van der Waals surface area contributed by atoms with Crippen molar-refractivity contribution in [3.63, 3.8) is 0 Å². The van der Waals surface area contributed by atoms with Gasteiger partial charge in [-0.05, 0) is 101 Å². The van der Waals surface area contributed by atoms with Crippen LogP contribution in [0.25, 0.3) is 117 Å². The van der Waals surface area contributed by atoms with Crippen molar-refractivity contribution in [3.8, 4) is 33.4 Å². The summed E-state index contributed by atoms with van der Waals surface area (Å²) in [5.41, 5.74) is 7.62. The van der Waals surface area contributed by atoms with Gasteiger partial charge in [0.1, 0.15) is 0 Å². The summed E-state index contributed by atoms with van der Waals surface area (Å²) in [6.45, 7) is 0. The number of thiophene rings is 2. The van der Waals surface area contributed by atoms with Gasteiger partial charge in [0.2, 0.25) is 0 Å². The topological polar surface area (TPSA) is 0 Å². The molecule has 2 heterocycles. The Morgan fingerprint density at radius 2 is 0.815 bits per heavy atom. The van der Waals surface area contributed by atoms with Gasteiger partial charge in [-0.15, -0.1) is 22.7 Å². The molecular weight excluding hydrogens is 689 g/mol. The zero-order valence-electron chi connectivity index (χ0n) is 29.1. The van der Waals surface area contributed by atoms with Gasteiger partial charge < -0.3 is 0 Å². The molecule has 0 bridgehead atoms. The molecule has 0 nitrogen and oxygen atoms in total. The van der Waals surface area contributed by atoms with E-state index in [1.807, 2.05) is 22.7 Å². The molecule has 0 amide bonds. The summed E-state index contributed by atoms with van der Waals surface area (Å²) in [6.07, 6.45) is 0. The summed E-state index contributed by atoms with van der Waals surface area (Å²) in [6, 6.07) is 67.8. The molecule has 10 aromatic carbocycles. The average Bonchev–Trinajstić information content (AvgIpc) is 3.78. The number of fused-ring (bicyclic) bond motifs is 11. The number of hydrogen-bond donors (Lipinski definition) is 0. The molecule has 0 unspecified atom stereocenters. The molecule has 250 valence electrons. The van der Waals surface area contributed by atoms with Crippen molar-refractivity contribution in [3.05, 3.63) is 182 Å². The second-order valence-corrected chi connectivity index (χ2v) is 16.5. The van der Waals surface area contributed by atoms with Gasteiger partial charge in [0.05, 0.1) is 0 Å². The molecule has 0 radical (unpaired) electrons. The standard InChI is InChI=1S/C52H30S2/c1-2-13-32(14-3-1)50-39-18-8-10-20-41(39)51(42-21-11-9-19-40(42)50)43-26-25-34(36-16-6-7-17-37(36)43)33-22-24-38-44-29-45-49(30-48(44)54-47(38)28-33)53-46-27-23-31-12-4-5-15-35(31)52(45)46/h1-30H. The van der Waals surface area contributed by atoms with Crippen molar-refractivity contribution < 1.29 is 0 Å². The monoisotopic (exact) mass is 718 g/mol. The Kier molecular flexibility index (Phi) is 6.48. The highest BCUT2D eigenvalue weighted by Gasteiger charge is 2.19. The van der Waals surface area contributed by atoms with E-state index in [0.717, 1.165) is 0 Å². The van der Waals surface area contributed by atoms with E-state index >= 15 is 0 Å². The van der Waals surface area contributed by atoms with Crippen LogP contribution in [0.5, 0.6) is 0 Å². The highest BCUT2D eigenvalue weighted by atomic mass is 32.1. The molecule has 12 rings (SSSR count). The van der Waals surface area contributed by atoms with E-state index in [9.17, 15) is 0 Å². The van der Waals surface area contributed by atoms with E-state index in [1.165, 1.54) is 117 Å². The van der Waals surface area contributed by atoms with Crippen LogP contribution in [-0.2, 0) is 0 Å². The van der Waals surface area contributed by atoms with E-state index in [0.29, 0.717) is 0 Å². The molecule has 0 aliphatic carbocycles. The molecule has 54 heavy (non-hydrogen) atoms. The lowest BCUT2D eigenvalue weighted by Crippen LogP contribution is -1.92. The van der Waals surface area contributed by atoms with Gasteiger partial charge in [0.15, 0.2) is 0 Å². The Balaban J connectivity index is 1.06. The molecule has 0 spiro atoms. The summed E-state index contributed by atoms with van der Waals surface area (Å²) in [5.74, 6) is 0. The molecule has 0 aliphatic rings. The van der Waals surface area contributed by atoms with Crippen molar-refractivity contribution in [2.24, 2.45) is 0 Å². The molecule has 0 aliphatic heterocycles. The predicted octanol–water partition coefficient (Wildman–Crippen LogP) is 16.0. The Bertz CT molecular complexity index is 3430. The molecule has 12 aromatic rings. The van der Waals surface area contributed by atoms with Gasteiger partial charge in [-0.3, -0.25) is 0 Å². The van der Waals surface area contributed by atoms with Crippen LogP contribution >= 0.6 is 22.7 Å². The fraction of sp³-hybridized carbons (Fsp3) is 0. The number of benzene rings is 10. The molecule has 2 aromatic heterocycles. The maximum Gasteiger partial charge on any atom is 0.0370 e. The summed E-state index contributed by atoms with van der Waals surface area (Å²) < 4.78 is 5.40.